The standard InChI is InChI=1S/C7H7ClN2O2/c1-5-2-10-6(3-9-5)7(8)12-4-11/h2-4,7H,1H3. The SMILES string of the molecule is Cc1cnc(C(Cl)OC=O)cn1. The van der Waals surface area contributed by atoms with E-state index in [0.29, 0.717) is 5.69 Å². The molecule has 1 heterocycles. The van der Waals surface area contributed by atoms with Crippen molar-refractivity contribution in [2.24, 2.45) is 0 Å². The molecule has 1 aromatic rings. The number of rotatable bonds is 3. The van der Waals surface area contributed by atoms with Crippen LogP contribution in [0.25, 0.3) is 0 Å². The Morgan fingerprint density at radius 3 is 2.83 bits per heavy atom. The van der Waals surface area contributed by atoms with Crippen LogP contribution in [-0.2, 0) is 9.53 Å². The minimum absolute atomic E-state index is 0.277. The van der Waals surface area contributed by atoms with E-state index in [-0.39, 0.29) is 6.47 Å². The van der Waals surface area contributed by atoms with E-state index in [0.717, 1.165) is 5.69 Å². The summed E-state index contributed by atoms with van der Waals surface area (Å²) in [6.07, 6.45) is 3.02. The highest BCUT2D eigenvalue weighted by Gasteiger charge is 2.08. The average Bonchev–Trinajstić information content (AvgIpc) is 2.06. The fraction of sp³-hybridized carbons (Fsp3) is 0.286. The molecule has 0 aromatic carbocycles. The quantitative estimate of drug-likeness (QED) is 0.526. The molecule has 0 fully saturated rings. The van der Waals surface area contributed by atoms with Crippen molar-refractivity contribution in [2.75, 3.05) is 0 Å². The summed E-state index contributed by atoms with van der Waals surface area (Å²) in [5.41, 5.74) is 0.360. The number of carbonyl (C=O) groups excluding carboxylic acids is 1. The first kappa shape index (κ1) is 8.93. The first-order valence-electron chi connectivity index (χ1n) is 3.25. The number of aromatic nitrogens is 2. The van der Waals surface area contributed by atoms with Gasteiger partial charge in [0.15, 0.2) is 0 Å². The number of nitrogens with zero attached hydrogens (tertiary/aromatic N) is 2. The number of alkyl halides is 1. The average molecular weight is 187 g/mol. The zero-order valence-electron chi connectivity index (χ0n) is 6.40. The van der Waals surface area contributed by atoms with Crippen LogP contribution >= 0.6 is 11.6 Å². The van der Waals surface area contributed by atoms with E-state index in [1.54, 1.807) is 13.1 Å². The van der Waals surface area contributed by atoms with E-state index < -0.39 is 5.56 Å². The van der Waals surface area contributed by atoms with Gasteiger partial charge >= 0.3 is 0 Å². The van der Waals surface area contributed by atoms with Gasteiger partial charge in [0.25, 0.3) is 6.47 Å². The van der Waals surface area contributed by atoms with Crippen molar-refractivity contribution in [3.8, 4) is 0 Å². The normalized spacial score (nSPS) is 12.2. The summed E-state index contributed by atoms with van der Waals surface area (Å²) in [4.78, 5) is 17.8. The van der Waals surface area contributed by atoms with Crippen LogP contribution in [0.1, 0.15) is 17.0 Å². The van der Waals surface area contributed by atoms with Crippen LogP contribution in [0.2, 0.25) is 0 Å². The van der Waals surface area contributed by atoms with Crippen molar-refractivity contribution in [3.63, 3.8) is 0 Å². The van der Waals surface area contributed by atoms with Crippen LogP contribution < -0.4 is 0 Å². The molecule has 0 bridgehead atoms. The number of carbonyl (C=O) groups is 1. The van der Waals surface area contributed by atoms with Gasteiger partial charge < -0.3 is 4.74 Å². The monoisotopic (exact) mass is 186 g/mol. The number of hydrogen-bond acceptors (Lipinski definition) is 4. The van der Waals surface area contributed by atoms with Gasteiger partial charge in [-0.15, -0.1) is 0 Å². The van der Waals surface area contributed by atoms with E-state index in [1.807, 2.05) is 0 Å². The Bertz CT molecular complexity index is 263. The highest BCUT2D eigenvalue weighted by molar-refractivity contribution is 6.20. The minimum Gasteiger partial charge on any atom is -0.442 e. The van der Waals surface area contributed by atoms with Gasteiger partial charge in [-0.25, -0.2) is 0 Å². The lowest BCUT2D eigenvalue weighted by atomic mass is 10.4. The van der Waals surface area contributed by atoms with Crippen molar-refractivity contribution in [3.05, 3.63) is 23.8 Å². The second-order valence-corrected chi connectivity index (χ2v) is 2.53. The van der Waals surface area contributed by atoms with E-state index in [4.69, 9.17) is 11.6 Å². The minimum atomic E-state index is -0.851. The molecule has 0 saturated carbocycles. The predicted molar refractivity (Wildman–Crippen MR) is 42.5 cm³/mol. The van der Waals surface area contributed by atoms with Gasteiger partial charge in [0.1, 0.15) is 5.69 Å². The van der Waals surface area contributed by atoms with Gasteiger partial charge in [-0.1, -0.05) is 11.6 Å². The van der Waals surface area contributed by atoms with Crippen molar-refractivity contribution in [1.82, 2.24) is 9.97 Å². The van der Waals surface area contributed by atoms with Gasteiger partial charge in [-0.2, -0.15) is 0 Å². The molecule has 4 nitrogen and oxygen atoms in total. The fourth-order valence-corrected chi connectivity index (χ4v) is 0.793. The Morgan fingerprint density at radius 1 is 1.58 bits per heavy atom. The summed E-state index contributed by atoms with van der Waals surface area (Å²) in [7, 11) is 0. The topological polar surface area (TPSA) is 52.1 Å². The lowest BCUT2D eigenvalue weighted by Gasteiger charge is -2.04. The maximum atomic E-state index is 9.90. The summed E-state index contributed by atoms with van der Waals surface area (Å²) in [6.45, 7) is 2.08. The smallest absolute Gasteiger partial charge is 0.294 e. The Kier molecular flexibility index (Phi) is 2.99. The van der Waals surface area contributed by atoms with Crippen LogP contribution in [0.5, 0.6) is 0 Å². The Labute approximate surface area is 74.5 Å². The Balaban J connectivity index is 2.74. The third kappa shape index (κ3) is 2.17. The highest BCUT2D eigenvalue weighted by Crippen LogP contribution is 2.16. The van der Waals surface area contributed by atoms with Gasteiger partial charge in [-0.3, -0.25) is 14.8 Å². The first-order chi connectivity index (χ1) is 5.74. The molecule has 5 heteroatoms. The molecule has 0 aliphatic rings. The molecule has 0 N–H and O–H groups in total. The summed E-state index contributed by atoms with van der Waals surface area (Å²) in [5, 5.41) is 0. The molecule has 0 radical (unpaired) electrons. The van der Waals surface area contributed by atoms with Crippen molar-refractivity contribution in [2.45, 2.75) is 12.5 Å². The lowest BCUT2D eigenvalue weighted by Crippen LogP contribution is -1.99. The van der Waals surface area contributed by atoms with Crippen LogP contribution in [0, 0.1) is 6.92 Å². The second-order valence-electron chi connectivity index (χ2n) is 2.13. The molecular weight excluding hydrogens is 180 g/mol. The number of hydrogen-bond donors (Lipinski definition) is 0. The van der Waals surface area contributed by atoms with E-state index >= 15 is 0 Å². The van der Waals surface area contributed by atoms with Crippen molar-refractivity contribution >= 4 is 18.1 Å². The Morgan fingerprint density at radius 2 is 2.33 bits per heavy atom. The van der Waals surface area contributed by atoms with Crippen LogP contribution in [-0.4, -0.2) is 16.4 Å². The fourth-order valence-electron chi connectivity index (χ4n) is 0.638. The Hall–Kier alpha value is -1.16. The molecule has 0 saturated heterocycles. The van der Waals surface area contributed by atoms with E-state index in [9.17, 15) is 4.79 Å². The summed E-state index contributed by atoms with van der Waals surface area (Å²) in [5.74, 6) is 0. The second kappa shape index (κ2) is 4.01. The molecule has 1 unspecified atom stereocenters. The number of aryl methyl sites for hydroxylation is 1. The molecule has 1 atom stereocenters. The third-order valence-corrected chi connectivity index (χ3v) is 1.53. The molecule has 0 aliphatic heterocycles. The van der Waals surface area contributed by atoms with Crippen molar-refractivity contribution in [1.29, 1.82) is 0 Å². The van der Waals surface area contributed by atoms with Crippen molar-refractivity contribution < 1.29 is 9.53 Å². The molecule has 0 amide bonds. The van der Waals surface area contributed by atoms with Gasteiger partial charge in [0.2, 0.25) is 5.56 Å². The molecule has 12 heavy (non-hydrogen) atoms. The van der Waals surface area contributed by atoms with Crippen LogP contribution in [0.15, 0.2) is 12.4 Å². The lowest BCUT2D eigenvalue weighted by molar-refractivity contribution is -0.130. The molecule has 0 spiro atoms. The molecule has 1 rings (SSSR count). The van der Waals surface area contributed by atoms with Gasteiger partial charge in [0.05, 0.1) is 11.9 Å². The number of halogens is 1. The molecule has 0 aliphatic carbocycles. The zero-order valence-corrected chi connectivity index (χ0v) is 7.15. The van der Waals surface area contributed by atoms with Gasteiger partial charge in [0, 0.05) is 6.20 Å². The molecule has 1 aromatic heterocycles. The summed E-state index contributed by atoms with van der Waals surface area (Å²) < 4.78 is 4.45. The van der Waals surface area contributed by atoms with Gasteiger partial charge in [-0.05, 0) is 6.92 Å². The zero-order chi connectivity index (χ0) is 8.97. The molecule has 64 valence electrons. The van der Waals surface area contributed by atoms with Crippen LogP contribution in [0.3, 0.4) is 0 Å². The largest absolute Gasteiger partial charge is 0.442 e. The summed E-state index contributed by atoms with van der Waals surface area (Å²) in [6, 6.07) is 0. The maximum absolute atomic E-state index is 9.90. The predicted octanol–water partition coefficient (Wildman–Crippen LogP) is 1.20. The van der Waals surface area contributed by atoms with E-state index in [2.05, 4.69) is 14.7 Å². The third-order valence-electron chi connectivity index (χ3n) is 1.21. The summed E-state index contributed by atoms with van der Waals surface area (Å²) >= 11 is 5.60. The van der Waals surface area contributed by atoms with E-state index in [1.165, 1.54) is 6.20 Å². The number of ether oxygens (including phenoxy) is 1. The molecular formula is C7H7ClN2O2. The first-order valence-corrected chi connectivity index (χ1v) is 3.69. The highest BCUT2D eigenvalue weighted by atomic mass is 35.5. The van der Waals surface area contributed by atoms with Crippen LogP contribution in [0.4, 0.5) is 0 Å². The maximum Gasteiger partial charge on any atom is 0.294 e.